The average molecular weight is 356 g/mol. The van der Waals surface area contributed by atoms with Gasteiger partial charge in [0.2, 0.25) is 5.91 Å². The van der Waals surface area contributed by atoms with Gasteiger partial charge in [-0.3, -0.25) is 9.78 Å². The molecule has 8 nitrogen and oxygen atoms in total. The van der Waals surface area contributed by atoms with Crippen LogP contribution in [0.15, 0.2) is 36.8 Å². The van der Waals surface area contributed by atoms with E-state index < -0.39 is 5.97 Å². The fourth-order valence-corrected chi connectivity index (χ4v) is 2.99. The van der Waals surface area contributed by atoms with Crippen molar-refractivity contribution in [3.8, 4) is 5.75 Å². The van der Waals surface area contributed by atoms with Crippen molar-refractivity contribution in [2.45, 2.75) is 12.8 Å². The highest BCUT2D eigenvalue weighted by Gasteiger charge is 2.26. The van der Waals surface area contributed by atoms with Crippen LogP contribution in [-0.4, -0.2) is 47.2 Å². The lowest BCUT2D eigenvalue weighted by atomic mass is 9.95. The lowest BCUT2D eigenvalue weighted by Crippen LogP contribution is -2.38. The number of benzene rings is 1. The van der Waals surface area contributed by atoms with E-state index in [2.05, 4.69) is 20.2 Å². The lowest BCUT2D eigenvalue weighted by molar-refractivity contribution is -0.120. The molecule has 0 aliphatic carbocycles. The molecule has 2 heterocycles. The zero-order valence-electron chi connectivity index (χ0n) is 14.4. The predicted molar refractivity (Wildman–Crippen MR) is 95.6 cm³/mol. The standard InChI is InChI=1S/C18H20N4O4/c1-26-15-10-13(18(24)25)2-3-14(15)21-17(23)12-4-8-22(9-5-12)16-11-19-6-7-20-16/h2-3,6-7,10-12H,4-5,8-9H2,1H3,(H,21,23)(H,24,25). The smallest absolute Gasteiger partial charge is 0.335 e. The third-order valence-corrected chi connectivity index (χ3v) is 4.45. The summed E-state index contributed by atoms with van der Waals surface area (Å²) in [6.45, 7) is 1.46. The molecule has 1 fully saturated rings. The van der Waals surface area contributed by atoms with Gasteiger partial charge in [-0.25, -0.2) is 9.78 Å². The Morgan fingerprint density at radius 1 is 1.27 bits per heavy atom. The van der Waals surface area contributed by atoms with Gasteiger partial charge in [-0.2, -0.15) is 0 Å². The van der Waals surface area contributed by atoms with Crippen molar-refractivity contribution in [1.29, 1.82) is 0 Å². The largest absolute Gasteiger partial charge is 0.495 e. The molecular formula is C18H20N4O4. The Hall–Kier alpha value is -3.16. The number of ether oxygens (including phenoxy) is 1. The number of carboxylic acid groups (broad SMARTS) is 1. The fourth-order valence-electron chi connectivity index (χ4n) is 2.99. The second-order valence-corrected chi connectivity index (χ2v) is 6.03. The van der Waals surface area contributed by atoms with Crippen LogP contribution in [0.1, 0.15) is 23.2 Å². The highest BCUT2D eigenvalue weighted by molar-refractivity contribution is 5.95. The van der Waals surface area contributed by atoms with Gasteiger partial charge in [-0.15, -0.1) is 0 Å². The third kappa shape index (κ3) is 3.90. The first-order valence-corrected chi connectivity index (χ1v) is 8.31. The molecule has 136 valence electrons. The zero-order chi connectivity index (χ0) is 18.5. The molecule has 1 amide bonds. The van der Waals surface area contributed by atoms with Crippen LogP contribution in [-0.2, 0) is 4.79 Å². The second-order valence-electron chi connectivity index (χ2n) is 6.03. The summed E-state index contributed by atoms with van der Waals surface area (Å²) in [5.41, 5.74) is 0.580. The van der Waals surface area contributed by atoms with Gasteiger partial charge >= 0.3 is 5.97 Å². The second kappa shape index (κ2) is 7.81. The molecule has 0 atom stereocenters. The van der Waals surface area contributed by atoms with Crippen LogP contribution in [0.25, 0.3) is 0 Å². The van der Waals surface area contributed by atoms with Crippen LogP contribution < -0.4 is 15.0 Å². The fraction of sp³-hybridized carbons (Fsp3) is 0.333. The Labute approximate surface area is 150 Å². The molecule has 1 aromatic heterocycles. The number of carbonyl (C=O) groups excluding carboxylic acids is 1. The summed E-state index contributed by atoms with van der Waals surface area (Å²) in [4.78, 5) is 34.1. The number of amides is 1. The van der Waals surface area contributed by atoms with Crippen molar-refractivity contribution in [3.05, 3.63) is 42.4 Å². The molecule has 1 aliphatic heterocycles. The van der Waals surface area contributed by atoms with Crippen molar-refractivity contribution < 1.29 is 19.4 Å². The van der Waals surface area contributed by atoms with E-state index in [1.54, 1.807) is 24.7 Å². The summed E-state index contributed by atoms with van der Waals surface area (Å²) >= 11 is 0. The minimum atomic E-state index is -1.04. The maximum absolute atomic E-state index is 12.6. The van der Waals surface area contributed by atoms with Crippen LogP contribution in [0, 0.1) is 5.92 Å². The molecule has 8 heteroatoms. The van der Waals surface area contributed by atoms with Gasteiger partial charge < -0.3 is 20.1 Å². The number of piperidine rings is 1. The Morgan fingerprint density at radius 2 is 2.04 bits per heavy atom. The van der Waals surface area contributed by atoms with Gasteiger partial charge in [0, 0.05) is 31.4 Å². The summed E-state index contributed by atoms with van der Waals surface area (Å²) in [6.07, 6.45) is 6.42. The van der Waals surface area contributed by atoms with E-state index in [9.17, 15) is 9.59 Å². The van der Waals surface area contributed by atoms with Gasteiger partial charge in [0.1, 0.15) is 11.6 Å². The zero-order valence-corrected chi connectivity index (χ0v) is 14.4. The van der Waals surface area contributed by atoms with Crippen LogP contribution in [0.4, 0.5) is 11.5 Å². The monoisotopic (exact) mass is 356 g/mol. The average Bonchev–Trinajstić information content (AvgIpc) is 2.69. The molecule has 0 saturated carbocycles. The SMILES string of the molecule is COc1cc(C(=O)O)ccc1NC(=O)C1CCN(c2cnccn2)CC1. The molecule has 0 bridgehead atoms. The maximum atomic E-state index is 12.6. The molecule has 0 unspecified atom stereocenters. The lowest BCUT2D eigenvalue weighted by Gasteiger charge is -2.31. The van der Waals surface area contributed by atoms with Gasteiger partial charge in [-0.1, -0.05) is 0 Å². The first-order chi connectivity index (χ1) is 12.6. The summed E-state index contributed by atoms with van der Waals surface area (Å²) < 4.78 is 5.20. The first-order valence-electron chi connectivity index (χ1n) is 8.31. The normalized spacial score (nSPS) is 14.7. The van der Waals surface area contributed by atoms with Crippen molar-refractivity contribution in [2.24, 2.45) is 5.92 Å². The summed E-state index contributed by atoms with van der Waals surface area (Å²) in [5.74, 6) is -0.109. The van der Waals surface area contributed by atoms with E-state index in [1.807, 2.05) is 0 Å². The van der Waals surface area contributed by atoms with E-state index in [1.165, 1.54) is 19.2 Å². The molecule has 1 aliphatic rings. The number of anilines is 2. The molecule has 3 rings (SSSR count). The number of rotatable bonds is 5. The summed E-state index contributed by atoms with van der Waals surface area (Å²) in [6, 6.07) is 4.39. The van der Waals surface area contributed by atoms with Crippen molar-refractivity contribution in [2.75, 3.05) is 30.4 Å². The van der Waals surface area contributed by atoms with Crippen LogP contribution >= 0.6 is 0 Å². The number of methoxy groups -OCH3 is 1. The predicted octanol–water partition coefficient (Wildman–Crippen LogP) is 2.04. The number of hydrogen-bond acceptors (Lipinski definition) is 6. The number of hydrogen-bond donors (Lipinski definition) is 2. The van der Waals surface area contributed by atoms with Crippen molar-refractivity contribution in [3.63, 3.8) is 0 Å². The Morgan fingerprint density at radius 3 is 2.65 bits per heavy atom. The van der Waals surface area contributed by atoms with E-state index in [4.69, 9.17) is 9.84 Å². The van der Waals surface area contributed by atoms with Gasteiger partial charge in [0.05, 0.1) is 24.6 Å². The molecule has 2 N–H and O–H groups in total. The number of nitrogens with one attached hydrogen (secondary N) is 1. The van der Waals surface area contributed by atoms with Crippen molar-refractivity contribution in [1.82, 2.24) is 9.97 Å². The third-order valence-electron chi connectivity index (χ3n) is 4.45. The molecule has 0 spiro atoms. The van der Waals surface area contributed by atoms with E-state index in [-0.39, 0.29) is 17.4 Å². The van der Waals surface area contributed by atoms with E-state index in [0.29, 0.717) is 24.3 Å². The quantitative estimate of drug-likeness (QED) is 0.844. The molecule has 0 radical (unpaired) electrons. The molecule has 1 saturated heterocycles. The van der Waals surface area contributed by atoms with Gasteiger partial charge in [-0.05, 0) is 31.0 Å². The minimum Gasteiger partial charge on any atom is -0.495 e. The van der Waals surface area contributed by atoms with Crippen LogP contribution in [0.5, 0.6) is 5.75 Å². The molecule has 26 heavy (non-hydrogen) atoms. The van der Waals surface area contributed by atoms with Gasteiger partial charge in [0.15, 0.2) is 0 Å². The summed E-state index contributed by atoms with van der Waals surface area (Å²) in [5, 5.41) is 11.9. The highest BCUT2D eigenvalue weighted by Crippen LogP contribution is 2.28. The topological polar surface area (TPSA) is 105 Å². The van der Waals surface area contributed by atoms with Crippen LogP contribution in [0.2, 0.25) is 0 Å². The van der Waals surface area contributed by atoms with E-state index >= 15 is 0 Å². The van der Waals surface area contributed by atoms with Crippen LogP contribution in [0.3, 0.4) is 0 Å². The van der Waals surface area contributed by atoms with E-state index in [0.717, 1.165) is 18.9 Å². The summed E-state index contributed by atoms with van der Waals surface area (Å²) in [7, 11) is 1.44. The molecule has 1 aromatic carbocycles. The minimum absolute atomic E-state index is 0.0924. The molecule has 2 aromatic rings. The number of carboxylic acids is 1. The Balaban J connectivity index is 1.62. The maximum Gasteiger partial charge on any atom is 0.335 e. The number of carbonyl (C=O) groups is 2. The first kappa shape index (κ1) is 17.7. The number of aromatic carboxylic acids is 1. The van der Waals surface area contributed by atoms with Gasteiger partial charge in [0.25, 0.3) is 0 Å². The highest BCUT2D eigenvalue weighted by atomic mass is 16.5. The molecular weight excluding hydrogens is 336 g/mol. The Kier molecular flexibility index (Phi) is 5.31. The Bertz CT molecular complexity index is 789. The van der Waals surface area contributed by atoms with Crippen molar-refractivity contribution >= 4 is 23.4 Å². The number of nitrogens with zero attached hydrogens (tertiary/aromatic N) is 3. The number of aromatic nitrogens is 2.